The number of fused-ring (bicyclic) bond motifs is 1. The molecule has 1 aromatic carbocycles. The summed E-state index contributed by atoms with van der Waals surface area (Å²) < 4.78 is 1.74. The number of aryl methyl sites for hydroxylation is 1. The largest absolute Gasteiger partial charge is 0.347 e. The Bertz CT molecular complexity index is 734. The molecule has 1 aliphatic rings. The molecule has 0 bridgehead atoms. The monoisotopic (exact) mass is 312 g/mol. The van der Waals surface area contributed by atoms with E-state index in [9.17, 15) is 9.59 Å². The van der Waals surface area contributed by atoms with E-state index in [1.54, 1.807) is 22.7 Å². The van der Waals surface area contributed by atoms with Gasteiger partial charge in [0.25, 0.3) is 11.8 Å². The number of carbonyl (C=O) groups is 2. The van der Waals surface area contributed by atoms with Crippen LogP contribution in [0.1, 0.15) is 39.2 Å². The summed E-state index contributed by atoms with van der Waals surface area (Å²) in [6, 6.07) is 8.14. The first-order valence-electron chi connectivity index (χ1n) is 7.77. The summed E-state index contributed by atoms with van der Waals surface area (Å²) in [4.78, 5) is 30.0. The molecule has 0 unspecified atom stereocenters. The molecule has 120 valence electrons. The molecule has 23 heavy (non-hydrogen) atoms. The van der Waals surface area contributed by atoms with Gasteiger partial charge in [-0.15, -0.1) is 0 Å². The number of imidazole rings is 1. The SMILES string of the molecule is CCc1ccc(CNC(=O)c2cn3c(n2)C(=O)N(C)CC3)cc1. The van der Waals surface area contributed by atoms with Gasteiger partial charge in [-0.3, -0.25) is 9.59 Å². The molecule has 1 N–H and O–H groups in total. The number of hydrogen-bond acceptors (Lipinski definition) is 3. The highest BCUT2D eigenvalue weighted by Crippen LogP contribution is 2.12. The molecule has 0 saturated heterocycles. The van der Waals surface area contributed by atoms with Crippen LogP contribution in [0.15, 0.2) is 30.5 Å². The van der Waals surface area contributed by atoms with Crippen molar-refractivity contribution in [3.63, 3.8) is 0 Å². The Balaban J connectivity index is 1.67. The van der Waals surface area contributed by atoms with E-state index in [1.807, 2.05) is 12.1 Å². The normalized spacial score (nSPS) is 13.8. The fraction of sp³-hybridized carbons (Fsp3) is 0.353. The Morgan fingerprint density at radius 2 is 1.91 bits per heavy atom. The van der Waals surface area contributed by atoms with E-state index < -0.39 is 0 Å². The third-order valence-electron chi connectivity index (χ3n) is 4.11. The Hall–Kier alpha value is -2.63. The minimum absolute atomic E-state index is 0.148. The summed E-state index contributed by atoms with van der Waals surface area (Å²) in [6.07, 6.45) is 2.64. The van der Waals surface area contributed by atoms with E-state index in [2.05, 4.69) is 29.4 Å². The Morgan fingerprint density at radius 3 is 2.61 bits per heavy atom. The van der Waals surface area contributed by atoms with Gasteiger partial charge < -0.3 is 14.8 Å². The molecule has 6 heteroatoms. The van der Waals surface area contributed by atoms with Crippen LogP contribution in [-0.2, 0) is 19.5 Å². The second kappa shape index (κ2) is 6.24. The Morgan fingerprint density at radius 1 is 1.22 bits per heavy atom. The molecule has 3 rings (SSSR count). The molecular weight excluding hydrogens is 292 g/mol. The third kappa shape index (κ3) is 3.11. The van der Waals surface area contributed by atoms with Crippen molar-refractivity contribution in [3.05, 3.63) is 53.1 Å². The molecule has 2 amide bonds. The van der Waals surface area contributed by atoms with Crippen LogP contribution in [0, 0.1) is 0 Å². The van der Waals surface area contributed by atoms with Gasteiger partial charge in [0.15, 0.2) is 5.82 Å². The summed E-state index contributed by atoms with van der Waals surface area (Å²) in [5.74, 6) is -0.0800. The van der Waals surface area contributed by atoms with Crippen LogP contribution in [0.3, 0.4) is 0 Å². The highest BCUT2D eigenvalue weighted by atomic mass is 16.2. The van der Waals surface area contributed by atoms with Crippen LogP contribution in [0.2, 0.25) is 0 Å². The number of carbonyl (C=O) groups excluding carboxylic acids is 2. The van der Waals surface area contributed by atoms with Crippen molar-refractivity contribution in [2.75, 3.05) is 13.6 Å². The van der Waals surface area contributed by atoms with Gasteiger partial charge in [0.1, 0.15) is 5.69 Å². The lowest BCUT2D eigenvalue weighted by molar-refractivity contribution is 0.0741. The number of likely N-dealkylation sites (N-methyl/N-ethyl adjacent to an activating group) is 1. The average molecular weight is 312 g/mol. The average Bonchev–Trinajstić information content (AvgIpc) is 3.01. The summed E-state index contributed by atoms with van der Waals surface area (Å²) in [5, 5.41) is 2.85. The zero-order valence-electron chi connectivity index (χ0n) is 13.4. The Labute approximate surface area is 135 Å². The minimum atomic E-state index is -0.262. The molecule has 1 aromatic heterocycles. The molecule has 0 aliphatic carbocycles. The van der Waals surface area contributed by atoms with E-state index in [4.69, 9.17) is 0 Å². The third-order valence-corrected chi connectivity index (χ3v) is 4.11. The fourth-order valence-corrected chi connectivity index (χ4v) is 2.56. The van der Waals surface area contributed by atoms with Gasteiger partial charge in [0.05, 0.1) is 0 Å². The first kappa shape index (κ1) is 15.3. The van der Waals surface area contributed by atoms with E-state index in [-0.39, 0.29) is 17.5 Å². The van der Waals surface area contributed by atoms with Gasteiger partial charge in [-0.2, -0.15) is 0 Å². The second-order valence-corrected chi connectivity index (χ2v) is 5.72. The van der Waals surface area contributed by atoms with E-state index in [0.29, 0.717) is 25.5 Å². The van der Waals surface area contributed by atoms with Crippen molar-refractivity contribution in [2.24, 2.45) is 0 Å². The first-order chi connectivity index (χ1) is 11.1. The molecule has 0 radical (unpaired) electrons. The minimum Gasteiger partial charge on any atom is -0.347 e. The molecule has 2 aromatic rings. The maximum atomic E-state index is 12.2. The van der Waals surface area contributed by atoms with Crippen LogP contribution < -0.4 is 5.32 Å². The van der Waals surface area contributed by atoms with Crippen LogP contribution in [-0.4, -0.2) is 39.9 Å². The quantitative estimate of drug-likeness (QED) is 0.929. The maximum Gasteiger partial charge on any atom is 0.289 e. The molecular formula is C17H20N4O2. The predicted octanol–water partition coefficient (Wildman–Crippen LogP) is 1.46. The van der Waals surface area contributed by atoms with Crippen molar-refractivity contribution >= 4 is 11.8 Å². The fourth-order valence-electron chi connectivity index (χ4n) is 2.56. The highest BCUT2D eigenvalue weighted by Gasteiger charge is 2.25. The summed E-state index contributed by atoms with van der Waals surface area (Å²) in [6.45, 7) is 3.85. The number of rotatable bonds is 4. The molecule has 2 heterocycles. The molecule has 1 aliphatic heterocycles. The number of benzene rings is 1. The summed E-state index contributed by atoms with van der Waals surface area (Å²) in [5.41, 5.74) is 2.59. The van der Waals surface area contributed by atoms with Crippen molar-refractivity contribution in [2.45, 2.75) is 26.4 Å². The number of nitrogens with zero attached hydrogens (tertiary/aromatic N) is 3. The Kier molecular flexibility index (Phi) is 4.14. The highest BCUT2D eigenvalue weighted by molar-refractivity contribution is 5.96. The maximum absolute atomic E-state index is 12.2. The number of amides is 2. The van der Waals surface area contributed by atoms with Gasteiger partial charge in [-0.1, -0.05) is 31.2 Å². The summed E-state index contributed by atoms with van der Waals surface area (Å²) in [7, 11) is 1.74. The van der Waals surface area contributed by atoms with E-state index >= 15 is 0 Å². The molecule has 0 spiro atoms. The van der Waals surface area contributed by atoms with Gasteiger partial charge in [0, 0.05) is 32.9 Å². The van der Waals surface area contributed by atoms with Crippen LogP contribution in [0.25, 0.3) is 0 Å². The van der Waals surface area contributed by atoms with Crippen LogP contribution in [0.5, 0.6) is 0 Å². The molecule has 0 atom stereocenters. The van der Waals surface area contributed by atoms with Crippen LogP contribution >= 0.6 is 0 Å². The smallest absolute Gasteiger partial charge is 0.289 e. The number of hydrogen-bond donors (Lipinski definition) is 1. The van der Waals surface area contributed by atoms with Crippen molar-refractivity contribution in [1.82, 2.24) is 19.8 Å². The lowest BCUT2D eigenvalue weighted by Gasteiger charge is -2.22. The second-order valence-electron chi connectivity index (χ2n) is 5.72. The number of aromatic nitrogens is 2. The predicted molar refractivity (Wildman–Crippen MR) is 86.2 cm³/mol. The van der Waals surface area contributed by atoms with E-state index in [0.717, 1.165) is 12.0 Å². The summed E-state index contributed by atoms with van der Waals surface area (Å²) >= 11 is 0. The zero-order valence-corrected chi connectivity index (χ0v) is 13.4. The van der Waals surface area contributed by atoms with Gasteiger partial charge in [-0.25, -0.2) is 4.98 Å². The lowest BCUT2D eigenvalue weighted by atomic mass is 10.1. The van der Waals surface area contributed by atoms with Gasteiger partial charge in [-0.05, 0) is 17.5 Å². The van der Waals surface area contributed by atoms with Gasteiger partial charge in [0.2, 0.25) is 0 Å². The molecule has 0 saturated carbocycles. The molecule has 6 nitrogen and oxygen atoms in total. The first-order valence-corrected chi connectivity index (χ1v) is 7.77. The van der Waals surface area contributed by atoms with Gasteiger partial charge >= 0.3 is 0 Å². The van der Waals surface area contributed by atoms with E-state index in [1.165, 1.54) is 5.56 Å². The topological polar surface area (TPSA) is 67.2 Å². The van der Waals surface area contributed by atoms with Crippen molar-refractivity contribution < 1.29 is 9.59 Å². The van der Waals surface area contributed by atoms with Crippen molar-refractivity contribution in [1.29, 1.82) is 0 Å². The lowest BCUT2D eigenvalue weighted by Crippen LogP contribution is -2.37. The number of nitrogens with one attached hydrogen (secondary N) is 1. The van der Waals surface area contributed by atoms with Crippen molar-refractivity contribution in [3.8, 4) is 0 Å². The van der Waals surface area contributed by atoms with Crippen LogP contribution in [0.4, 0.5) is 0 Å². The standard InChI is InChI=1S/C17H20N4O2/c1-3-12-4-6-13(7-5-12)10-18-16(22)14-11-21-9-8-20(2)17(23)15(21)19-14/h4-7,11H,3,8-10H2,1-2H3,(H,18,22). The molecule has 0 fully saturated rings. The zero-order chi connectivity index (χ0) is 16.4.